The molecule has 92 valence electrons. The fourth-order valence-corrected chi connectivity index (χ4v) is 3.28. The number of carbonyl (C=O) groups is 1. The maximum atomic E-state index is 11.9. The van der Waals surface area contributed by atoms with Crippen LogP contribution in [-0.4, -0.2) is 24.8 Å². The van der Waals surface area contributed by atoms with Gasteiger partial charge in [-0.15, -0.1) is 0 Å². The minimum atomic E-state index is -0.0123. The van der Waals surface area contributed by atoms with Crippen LogP contribution >= 0.6 is 0 Å². The molecule has 3 nitrogen and oxygen atoms in total. The van der Waals surface area contributed by atoms with Crippen molar-refractivity contribution in [2.24, 2.45) is 17.8 Å². The molecule has 0 radical (unpaired) electrons. The van der Waals surface area contributed by atoms with Crippen molar-refractivity contribution in [1.29, 1.82) is 0 Å². The van der Waals surface area contributed by atoms with Crippen LogP contribution in [0.4, 0.5) is 0 Å². The molecule has 0 aromatic rings. The predicted molar refractivity (Wildman–Crippen MR) is 61.0 cm³/mol. The summed E-state index contributed by atoms with van der Waals surface area (Å²) >= 11 is 0. The van der Waals surface area contributed by atoms with Crippen LogP contribution in [0.3, 0.4) is 0 Å². The van der Waals surface area contributed by atoms with Crippen LogP contribution in [0, 0.1) is 17.8 Å². The van der Waals surface area contributed by atoms with Gasteiger partial charge >= 0.3 is 5.97 Å². The average molecular weight is 226 g/mol. The summed E-state index contributed by atoms with van der Waals surface area (Å²) in [6.07, 6.45) is 3.73. The van der Waals surface area contributed by atoms with Gasteiger partial charge in [0, 0.05) is 5.92 Å². The lowest BCUT2D eigenvalue weighted by Crippen LogP contribution is -2.37. The standard InChI is InChI=1S/C13H22O3/c1-4-15-13(14)10-6-5-7-11-12(10)8(2)9(3)16-11/h8-12H,4-7H2,1-3H3/t8-,9+,10+,11-,12-/m1/s1. The zero-order chi connectivity index (χ0) is 11.7. The van der Waals surface area contributed by atoms with Gasteiger partial charge in [0.25, 0.3) is 0 Å². The SMILES string of the molecule is CCOC(=O)[C@H]1CCC[C@H]2O[C@@H](C)[C@@H](C)[C@H]12. The van der Waals surface area contributed by atoms with Gasteiger partial charge in [0.2, 0.25) is 0 Å². The maximum absolute atomic E-state index is 11.9. The summed E-state index contributed by atoms with van der Waals surface area (Å²) in [6, 6.07) is 0. The van der Waals surface area contributed by atoms with E-state index in [1.807, 2.05) is 6.92 Å². The molecule has 1 aliphatic carbocycles. The summed E-state index contributed by atoms with van der Waals surface area (Å²) in [5, 5.41) is 0. The molecule has 0 bridgehead atoms. The van der Waals surface area contributed by atoms with E-state index in [-0.39, 0.29) is 24.1 Å². The van der Waals surface area contributed by atoms with Crippen molar-refractivity contribution in [3.8, 4) is 0 Å². The highest BCUT2D eigenvalue weighted by atomic mass is 16.5. The Kier molecular flexibility index (Phi) is 3.53. The quantitative estimate of drug-likeness (QED) is 0.678. The highest BCUT2D eigenvalue weighted by molar-refractivity contribution is 5.73. The molecular formula is C13H22O3. The van der Waals surface area contributed by atoms with Crippen molar-refractivity contribution < 1.29 is 14.3 Å². The molecule has 0 aromatic heterocycles. The van der Waals surface area contributed by atoms with E-state index in [0.29, 0.717) is 18.4 Å². The minimum Gasteiger partial charge on any atom is -0.466 e. The first-order valence-electron chi connectivity index (χ1n) is 6.47. The van der Waals surface area contributed by atoms with Gasteiger partial charge in [-0.2, -0.15) is 0 Å². The fraction of sp³-hybridized carbons (Fsp3) is 0.923. The molecule has 1 aliphatic heterocycles. The third-order valence-corrected chi connectivity index (χ3v) is 4.22. The molecule has 0 N–H and O–H groups in total. The highest BCUT2D eigenvalue weighted by Gasteiger charge is 2.48. The number of ether oxygens (including phenoxy) is 2. The molecule has 0 spiro atoms. The molecule has 3 heteroatoms. The van der Waals surface area contributed by atoms with Crippen LogP contribution in [0.25, 0.3) is 0 Å². The molecule has 0 unspecified atom stereocenters. The van der Waals surface area contributed by atoms with Crippen molar-refractivity contribution in [3.63, 3.8) is 0 Å². The normalized spacial score (nSPS) is 42.8. The van der Waals surface area contributed by atoms with Gasteiger partial charge in [-0.1, -0.05) is 6.92 Å². The van der Waals surface area contributed by atoms with E-state index in [9.17, 15) is 4.79 Å². The monoisotopic (exact) mass is 226 g/mol. The predicted octanol–water partition coefficient (Wildman–Crippen LogP) is 2.39. The van der Waals surface area contributed by atoms with Crippen molar-refractivity contribution in [1.82, 2.24) is 0 Å². The summed E-state index contributed by atoms with van der Waals surface area (Å²) in [6.45, 7) is 6.67. The van der Waals surface area contributed by atoms with E-state index in [1.165, 1.54) is 0 Å². The van der Waals surface area contributed by atoms with E-state index < -0.39 is 0 Å². The Labute approximate surface area is 97.5 Å². The second-order valence-corrected chi connectivity index (χ2v) is 5.11. The van der Waals surface area contributed by atoms with E-state index in [4.69, 9.17) is 9.47 Å². The minimum absolute atomic E-state index is 0.0123. The second kappa shape index (κ2) is 4.74. The van der Waals surface area contributed by atoms with Crippen molar-refractivity contribution in [2.45, 2.75) is 52.2 Å². The Bertz CT molecular complexity index is 264. The van der Waals surface area contributed by atoms with E-state index in [1.54, 1.807) is 0 Å². The lowest BCUT2D eigenvalue weighted by Gasteiger charge is -2.32. The van der Waals surface area contributed by atoms with Crippen LogP contribution in [-0.2, 0) is 14.3 Å². The van der Waals surface area contributed by atoms with Crippen molar-refractivity contribution in [2.75, 3.05) is 6.61 Å². The summed E-state index contributed by atoms with van der Waals surface area (Å²) < 4.78 is 11.1. The Morgan fingerprint density at radius 3 is 2.81 bits per heavy atom. The zero-order valence-electron chi connectivity index (χ0n) is 10.4. The molecule has 1 saturated heterocycles. The molecule has 2 fully saturated rings. The first kappa shape index (κ1) is 11.9. The largest absolute Gasteiger partial charge is 0.466 e. The van der Waals surface area contributed by atoms with Gasteiger partial charge in [0.05, 0.1) is 24.7 Å². The smallest absolute Gasteiger partial charge is 0.309 e. The third-order valence-electron chi connectivity index (χ3n) is 4.22. The first-order chi connectivity index (χ1) is 7.65. The van der Waals surface area contributed by atoms with Gasteiger partial charge in [-0.25, -0.2) is 0 Å². The van der Waals surface area contributed by atoms with Gasteiger partial charge in [-0.3, -0.25) is 4.79 Å². The lowest BCUT2D eigenvalue weighted by atomic mass is 9.72. The van der Waals surface area contributed by atoms with Crippen LogP contribution in [0.15, 0.2) is 0 Å². The Morgan fingerprint density at radius 2 is 2.12 bits per heavy atom. The summed E-state index contributed by atoms with van der Waals surface area (Å²) in [4.78, 5) is 11.9. The van der Waals surface area contributed by atoms with Gasteiger partial charge in [0.15, 0.2) is 0 Å². The molecule has 1 heterocycles. The molecule has 1 saturated carbocycles. The van der Waals surface area contributed by atoms with E-state index in [0.717, 1.165) is 19.3 Å². The molecule has 0 amide bonds. The molecular weight excluding hydrogens is 204 g/mol. The zero-order valence-corrected chi connectivity index (χ0v) is 10.4. The summed E-state index contributed by atoms with van der Waals surface area (Å²) in [5.41, 5.74) is 0. The topological polar surface area (TPSA) is 35.5 Å². The first-order valence-corrected chi connectivity index (χ1v) is 6.47. The number of fused-ring (bicyclic) bond motifs is 1. The molecule has 0 aromatic carbocycles. The second-order valence-electron chi connectivity index (χ2n) is 5.11. The summed E-state index contributed by atoms with van der Waals surface area (Å²) in [5.74, 6) is 0.905. The van der Waals surface area contributed by atoms with Crippen LogP contribution in [0.1, 0.15) is 40.0 Å². The Hall–Kier alpha value is -0.570. The van der Waals surface area contributed by atoms with E-state index in [2.05, 4.69) is 13.8 Å². The third kappa shape index (κ3) is 1.97. The van der Waals surface area contributed by atoms with Gasteiger partial charge in [-0.05, 0) is 39.0 Å². The molecule has 16 heavy (non-hydrogen) atoms. The number of rotatable bonds is 2. The Balaban J connectivity index is 2.10. The van der Waals surface area contributed by atoms with Crippen LogP contribution in [0.2, 0.25) is 0 Å². The number of esters is 1. The highest BCUT2D eigenvalue weighted by Crippen LogP contribution is 2.44. The number of carbonyl (C=O) groups excluding carboxylic acids is 1. The molecule has 5 atom stereocenters. The van der Waals surface area contributed by atoms with Crippen molar-refractivity contribution >= 4 is 5.97 Å². The van der Waals surface area contributed by atoms with E-state index >= 15 is 0 Å². The average Bonchev–Trinajstić information content (AvgIpc) is 2.55. The van der Waals surface area contributed by atoms with Gasteiger partial charge in [0.1, 0.15) is 0 Å². The van der Waals surface area contributed by atoms with Crippen LogP contribution in [0.5, 0.6) is 0 Å². The van der Waals surface area contributed by atoms with Crippen molar-refractivity contribution in [3.05, 3.63) is 0 Å². The number of hydrogen-bond acceptors (Lipinski definition) is 3. The maximum Gasteiger partial charge on any atom is 0.309 e. The Morgan fingerprint density at radius 1 is 1.38 bits per heavy atom. The summed E-state index contributed by atoms with van der Waals surface area (Å²) in [7, 11) is 0. The molecule has 2 aliphatic rings. The molecule has 2 rings (SSSR count). The fourth-order valence-electron chi connectivity index (χ4n) is 3.28. The number of hydrogen-bond donors (Lipinski definition) is 0. The van der Waals surface area contributed by atoms with Gasteiger partial charge < -0.3 is 9.47 Å². The lowest BCUT2D eigenvalue weighted by molar-refractivity contribution is -0.153. The van der Waals surface area contributed by atoms with Crippen LogP contribution < -0.4 is 0 Å².